The van der Waals surface area contributed by atoms with Gasteiger partial charge in [-0.05, 0) is 24.8 Å². The number of nitrogens with one attached hydrogen (secondary N) is 1. The summed E-state index contributed by atoms with van der Waals surface area (Å²) in [6, 6.07) is 1.73. The summed E-state index contributed by atoms with van der Waals surface area (Å²) in [6.45, 7) is 3.39. The lowest BCUT2D eigenvalue weighted by atomic mass is 9.77. The van der Waals surface area contributed by atoms with Crippen molar-refractivity contribution in [2.45, 2.75) is 24.5 Å². The molecular formula is C12H12N2O3. The molecule has 0 aromatic heterocycles. The van der Waals surface area contributed by atoms with Crippen molar-refractivity contribution in [1.82, 2.24) is 5.32 Å². The Bertz CT molecular complexity index is 467. The van der Waals surface area contributed by atoms with Crippen LogP contribution in [0.25, 0.3) is 0 Å². The Balaban J connectivity index is 1.96. The van der Waals surface area contributed by atoms with E-state index < -0.39 is 5.60 Å². The molecule has 1 N–H and O–H groups in total. The molecule has 0 spiro atoms. The molecule has 0 aromatic rings. The van der Waals surface area contributed by atoms with Crippen molar-refractivity contribution in [1.29, 1.82) is 5.26 Å². The van der Waals surface area contributed by atoms with Gasteiger partial charge in [-0.25, -0.2) is 0 Å². The Morgan fingerprint density at radius 2 is 2.41 bits per heavy atom. The van der Waals surface area contributed by atoms with Gasteiger partial charge in [0.1, 0.15) is 6.07 Å². The van der Waals surface area contributed by atoms with Gasteiger partial charge in [0.25, 0.3) is 0 Å². The van der Waals surface area contributed by atoms with Crippen LogP contribution in [0.15, 0.2) is 12.7 Å². The highest BCUT2D eigenvalue weighted by Gasteiger charge is 2.71. The van der Waals surface area contributed by atoms with Crippen molar-refractivity contribution in [3.8, 4) is 6.07 Å². The summed E-state index contributed by atoms with van der Waals surface area (Å²) in [5.74, 6) is -0.636. The van der Waals surface area contributed by atoms with Crippen molar-refractivity contribution in [3.63, 3.8) is 0 Å². The molecule has 0 radical (unpaired) electrons. The van der Waals surface area contributed by atoms with Crippen molar-refractivity contribution >= 4 is 11.9 Å². The van der Waals surface area contributed by atoms with E-state index in [-0.39, 0.29) is 35.7 Å². The smallest absolute Gasteiger partial charge is 0.311 e. The van der Waals surface area contributed by atoms with Gasteiger partial charge in [0.2, 0.25) is 11.5 Å². The van der Waals surface area contributed by atoms with E-state index in [9.17, 15) is 14.9 Å². The zero-order valence-electron chi connectivity index (χ0n) is 9.18. The van der Waals surface area contributed by atoms with E-state index in [4.69, 9.17) is 4.74 Å². The van der Waals surface area contributed by atoms with E-state index in [1.807, 2.05) is 0 Å². The molecule has 3 rings (SSSR count). The molecule has 1 aliphatic heterocycles. The van der Waals surface area contributed by atoms with Crippen LogP contribution in [0.5, 0.6) is 0 Å². The number of nitriles is 1. The Morgan fingerprint density at radius 3 is 3.06 bits per heavy atom. The van der Waals surface area contributed by atoms with Crippen molar-refractivity contribution < 1.29 is 14.3 Å². The second-order valence-electron chi connectivity index (χ2n) is 4.96. The van der Waals surface area contributed by atoms with Crippen LogP contribution in [0.4, 0.5) is 0 Å². The Kier molecular flexibility index (Phi) is 1.88. The fraction of sp³-hybridized carbons (Fsp3) is 0.583. The third-order valence-corrected chi connectivity index (χ3v) is 4.31. The third-order valence-electron chi connectivity index (χ3n) is 4.31. The lowest BCUT2D eigenvalue weighted by molar-refractivity contribution is -0.148. The maximum atomic E-state index is 11.7. The molecular weight excluding hydrogens is 220 g/mol. The molecule has 2 saturated carbocycles. The molecule has 5 atom stereocenters. The van der Waals surface area contributed by atoms with Crippen LogP contribution >= 0.6 is 0 Å². The standard InChI is InChI=1S/C12H12N2O3/c1-2-9(15)14-10-6-3-7-8(4-6)12(10,5-13)17-11(7)16/h2,6-8,10H,1,3-4H2,(H,14,15). The normalized spacial score (nSPS) is 45.2. The average molecular weight is 232 g/mol. The number of esters is 1. The minimum atomic E-state index is -1.14. The number of carbonyl (C=O) groups excluding carboxylic acids is 2. The van der Waals surface area contributed by atoms with E-state index in [0.29, 0.717) is 0 Å². The van der Waals surface area contributed by atoms with Crippen LogP contribution in [-0.4, -0.2) is 23.5 Å². The predicted molar refractivity (Wildman–Crippen MR) is 56.3 cm³/mol. The summed E-state index contributed by atoms with van der Waals surface area (Å²) >= 11 is 0. The first-order chi connectivity index (χ1) is 8.12. The van der Waals surface area contributed by atoms with E-state index >= 15 is 0 Å². The molecule has 17 heavy (non-hydrogen) atoms. The van der Waals surface area contributed by atoms with Crippen LogP contribution in [0.2, 0.25) is 0 Å². The van der Waals surface area contributed by atoms with Gasteiger partial charge in [-0.1, -0.05) is 6.58 Å². The topological polar surface area (TPSA) is 79.2 Å². The van der Waals surface area contributed by atoms with Gasteiger partial charge >= 0.3 is 5.97 Å². The summed E-state index contributed by atoms with van der Waals surface area (Å²) in [4.78, 5) is 23.0. The maximum absolute atomic E-state index is 11.7. The van der Waals surface area contributed by atoms with E-state index in [2.05, 4.69) is 18.0 Å². The highest BCUT2D eigenvalue weighted by Crippen LogP contribution is 2.60. The second kappa shape index (κ2) is 3.10. The maximum Gasteiger partial charge on any atom is 0.311 e. The first-order valence-electron chi connectivity index (χ1n) is 5.69. The number of carbonyl (C=O) groups is 2. The summed E-state index contributed by atoms with van der Waals surface area (Å²) in [5, 5.41) is 12.1. The molecule has 1 heterocycles. The number of nitrogens with zero attached hydrogens (tertiary/aromatic N) is 1. The van der Waals surface area contributed by atoms with Crippen molar-refractivity contribution in [2.75, 3.05) is 0 Å². The minimum absolute atomic E-state index is 0.0554. The summed E-state index contributed by atoms with van der Waals surface area (Å²) < 4.78 is 5.28. The first kappa shape index (κ1) is 10.3. The Hall–Kier alpha value is -1.83. The average Bonchev–Trinajstić information content (AvgIpc) is 2.91. The van der Waals surface area contributed by atoms with E-state index in [0.717, 1.165) is 12.8 Å². The fourth-order valence-electron chi connectivity index (χ4n) is 3.66. The van der Waals surface area contributed by atoms with Crippen molar-refractivity contribution in [2.24, 2.45) is 17.8 Å². The first-order valence-corrected chi connectivity index (χ1v) is 5.69. The van der Waals surface area contributed by atoms with Crippen LogP contribution < -0.4 is 5.32 Å². The third kappa shape index (κ3) is 1.08. The van der Waals surface area contributed by atoms with Gasteiger partial charge in [-0.15, -0.1) is 0 Å². The van der Waals surface area contributed by atoms with Crippen LogP contribution in [0.3, 0.4) is 0 Å². The van der Waals surface area contributed by atoms with Gasteiger partial charge in [-0.2, -0.15) is 5.26 Å². The quantitative estimate of drug-likeness (QED) is 0.542. The van der Waals surface area contributed by atoms with E-state index in [1.165, 1.54) is 6.08 Å². The molecule has 88 valence electrons. The molecule has 5 unspecified atom stereocenters. The molecule has 3 aliphatic rings. The molecule has 2 aliphatic carbocycles. The molecule has 0 aromatic carbocycles. The summed E-state index contributed by atoms with van der Waals surface area (Å²) in [6.07, 6.45) is 2.67. The van der Waals surface area contributed by atoms with Crippen molar-refractivity contribution in [3.05, 3.63) is 12.7 Å². The lowest BCUT2D eigenvalue weighted by Gasteiger charge is -2.32. The van der Waals surface area contributed by atoms with Gasteiger partial charge in [0.15, 0.2) is 0 Å². The number of hydrogen-bond acceptors (Lipinski definition) is 4. The van der Waals surface area contributed by atoms with Gasteiger partial charge in [0, 0.05) is 5.92 Å². The van der Waals surface area contributed by atoms with Crippen LogP contribution in [0, 0.1) is 29.1 Å². The highest BCUT2D eigenvalue weighted by atomic mass is 16.6. The van der Waals surface area contributed by atoms with E-state index in [1.54, 1.807) is 0 Å². The molecule has 1 amide bonds. The predicted octanol–water partition coefficient (Wildman–Crippen LogP) is 0.132. The molecule has 1 saturated heterocycles. The molecule has 5 heteroatoms. The zero-order valence-corrected chi connectivity index (χ0v) is 9.18. The number of hydrogen-bond donors (Lipinski definition) is 1. The van der Waals surface area contributed by atoms with Gasteiger partial charge in [0.05, 0.1) is 12.0 Å². The lowest BCUT2D eigenvalue weighted by Crippen LogP contribution is -2.54. The highest BCUT2D eigenvalue weighted by molar-refractivity contribution is 5.88. The molecule has 5 nitrogen and oxygen atoms in total. The number of fused-ring (bicyclic) bond motifs is 1. The monoisotopic (exact) mass is 232 g/mol. The Labute approximate surface area is 98.4 Å². The largest absolute Gasteiger partial charge is 0.441 e. The molecule has 3 fully saturated rings. The zero-order chi connectivity index (χ0) is 12.2. The number of ether oxygens (including phenoxy) is 1. The Morgan fingerprint density at radius 1 is 1.65 bits per heavy atom. The number of amides is 1. The van der Waals surface area contributed by atoms with Crippen LogP contribution in [0.1, 0.15) is 12.8 Å². The van der Waals surface area contributed by atoms with Crippen LogP contribution in [-0.2, 0) is 14.3 Å². The summed E-state index contributed by atoms with van der Waals surface area (Å²) in [7, 11) is 0. The number of rotatable bonds is 2. The second-order valence-corrected chi connectivity index (χ2v) is 4.96. The fourth-order valence-corrected chi connectivity index (χ4v) is 3.66. The van der Waals surface area contributed by atoms with Gasteiger partial charge in [-0.3, -0.25) is 9.59 Å². The minimum Gasteiger partial charge on any atom is -0.441 e. The molecule has 2 bridgehead atoms. The van der Waals surface area contributed by atoms with Gasteiger partial charge < -0.3 is 10.1 Å². The summed E-state index contributed by atoms with van der Waals surface area (Å²) in [5.41, 5.74) is -1.14. The SMILES string of the molecule is C=CC(=O)NC1C2CC3C(=O)OC1(C#N)C3C2.